The molecule has 0 radical (unpaired) electrons. The van der Waals surface area contributed by atoms with E-state index < -0.39 is 0 Å². The molecule has 0 saturated carbocycles. The van der Waals surface area contributed by atoms with Crippen LogP contribution in [0.15, 0.2) is 12.4 Å². The molecule has 1 aromatic heterocycles. The van der Waals surface area contributed by atoms with Gasteiger partial charge in [0.1, 0.15) is 0 Å². The molecule has 15 heavy (non-hydrogen) atoms. The third kappa shape index (κ3) is 3.99. The van der Waals surface area contributed by atoms with E-state index in [9.17, 15) is 4.79 Å². The quantitative estimate of drug-likeness (QED) is 0.302. The maximum Gasteiger partial charge on any atom is 0.234 e. The summed E-state index contributed by atoms with van der Waals surface area (Å²) in [4.78, 5) is 10.8. The number of hydrazine groups is 1. The Labute approximate surface area is 88.4 Å². The Balaban J connectivity index is 2.17. The Kier molecular flexibility index (Phi) is 4.62. The van der Waals surface area contributed by atoms with Crippen molar-refractivity contribution in [2.75, 3.05) is 6.61 Å². The van der Waals surface area contributed by atoms with Gasteiger partial charge in [0.05, 0.1) is 19.0 Å². The van der Waals surface area contributed by atoms with Gasteiger partial charge in [0, 0.05) is 13.0 Å². The van der Waals surface area contributed by atoms with Gasteiger partial charge in [-0.05, 0) is 13.3 Å². The summed E-state index contributed by atoms with van der Waals surface area (Å²) >= 11 is 0. The summed E-state index contributed by atoms with van der Waals surface area (Å²) in [6.45, 7) is 3.31. The van der Waals surface area contributed by atoms with E-state index in [1.165, 1.54) is 0 Å². The number of nitrogens with one attached hydrogen (secondary N) is 1. The van der Waals surface area contributed by atoms with Gasteiger partial charge in [-0.1, -0.05) is 0 Å². The van der Waals surface area contributed by atoms with Crippen molar-refractivity contribution in [1.82, 2.24) is 15.2 Å². The lowest BCUT2D eigenvalue weighted by Gasteiger charge is -2.02. The zero-order chi connectivity index (χ0) is 11.1. The molecule has 0 bridgehead atoms. The van der Waals surface area contributed by atoms with Crippen LogP contribution in [0.1, 0.15) is 19.8 Å². The van der Waals surface area contributed by atoms with Crippen molar-refractivity contribution in [3.8, 4) is 5.75 Å². The first-order valence-electron chi connectivity index (χ1n) is 4.91. The van der Waals surface area contributed by atoms with E-state index in [0.717, 1.165) is 12.3 Å². The largest absolute Gasteiger partial charge is 0.490 e. The van der Waals surface area contributed by atoms with Gasteiger partial charge in [-0.15, -0.1) is 0 Å². The molecule has 0 fully saturated rings. The molecule has 0 aliphatic rings. The van der Waals surface area contributed by atoms with Crippen LogP contribution in [0, 0.1) is 0 Å². The highest BCUT2D eigenvalue weighted by Gasteiger charge is 2.00. The van der Waals surface area contributed by atoms with Crippen LogP contribution in [-0.4, -0.2) is 22.3 Å². The lowest BCUT2D eigenvalue weighted by Crippen LogP contribution is -2.29. The van der Waals surface area contributed by atoms with Gasteiger partial charge in [0.25, 0.3) is 0 Å². The number of ether oxygens (including phenoxy) is 1. The highest BCUT2D eigenvalue weighted by atomic mass is 16.5. The Morgan fingerprint density at radius 2 is 2.53 bits per heavy atom. The smallest absolute Gasteiger partial charge is 0.234 e. The summed E-state index contributed by atoms with van der Waals surface area (Å²) in [7, 11) is 0. The summed E-state index contributed by atoms with van der Waals surface area (Å²) in [5, 5.41) is 4.06. The first kappa shape index (κ1) is 11.5. The van der Waals surface area contributed by atoms with Crippen molar-refractivity contribution in [2.24, 2.45) is 5.84 Å². The number of aromatic nitrogens is 2. The lowest BCUT2D eigenvalue weighted by atomic mass is 10.3. The standard InChI is InChI=1S/C9H16N4O2/c1-2-13-7-8(6-11-13)15-5-3-4-9(14)12-10/h6-7H,2-5,10H2,1H3,(H,12,14). The molecule has 0 atom stereocenters. The highest BCUT2D eigenvalue weighted by Crippen LogP contribution is 2.08. The van der Waals surface area contributed by atoms with E-state index in [-0.39, 0.29) is 5.91 Å². The lowest BCUT2D eigenvalue weighted by molar-refractivity contribution is -0.121. The zero-order valence-corrected chi connectivity index (χ0v) is 8.77. The molecule has 0 aliphatic carbocycles. The highest BCUT2D eigenvalue weighted by molar-refractivity contribution is 5.75. The second-order valence-corrected chi connectivity index (χ2v) is 3.05. The average molecular weight is 212 g/mol. The molecule has 0 unspecified atom stereocenters. The number of hydrogen-bond acceptors (Lipinski definition) is 4. The Morgan fingerprint density at radius 1 is 1.73 bits per heavy atom. The SMILES string of the molecule is CCn1cc(OCCCC(=O)NN)cn1. The molecule has 84 valence electrons. The van der Waals surface area contributed by atoms with Crippen LogP contribution in [0.2, 0.25) is 0 Å². The Bertz CT molecular complexity index is 311. The van der Waals surface area contributed by atoms with Crippen molar-refractivity contribution in [2.45, 2.75) is 26.3 Å². The molecule has 0 spiro atoms. The first-order chi connectivity index (χ1) is 7.26. The first-order valence-corrected chi connectivity index (χ1v) is 4.91. The molecule has 1 aromatic rings. The third-order valence-electron chi connectivity index (χ3n) is 1.91. The number of rotatable bonds is 6. The minimum atomic E-state index is -0.178. The van der Waals surface area contributed by atoms with Crippen LogP contribution >= 0.6 is 0 Å². The van der Waals surface area contributed by atoms with Gasteiger partial charge >= 0.3 is 0 Å². The minimum Gasteiger partial charge on any atom is -0.490 e. The van der Waals surface area contributed by atoms with Crippen LogP contribution in [0.5, 0.6) is 5.75 Å². The molecule has 3 N–H and O–H groups in total. The van der Waals surface area contributed by atoms with E-state index in [2.05, 4.69) is 10.5 Å². The number of nitrogens with two attached hydrogens (primary N) is 1. The maximum absolute atomic E-state index is 10.8. The van der Waals surface area contributed by atoms with Crippen molar-refractivity contribution in [3.05, 3.63) is 12.4 Å². The summed E-state index contributed by atoms with van der Waals surface area (Å²) in [5.74, 6) is 5.48. The van der Waals surface area contributed by atoms with E-state index in [4.69, 9.17) is 10.6 Å². The molecular weight excluding hydrogens is 196 g/mol. The normalized spacial score (nSPS) is 10.0. The van der Waals surface area contributed by atoms with Crippen LogP contribution in [0.25, 0.3) is 0 Å². The number of aryl methyl sites for hydroxylation is 1. The molecule has 0 aromatic carbocycles. The predicted molar refractivity (Wildman–Crippen MR) is 55.0 cm³/mol. The molecule has 0 aliphatic heterocycles. The number of carbonyl (C=O) groups excluding carboxylic acids is 1. The fourth-order valence-electron chi connectivity index (χ4n) is 1.09. The van der Waals surface area contributed by atoms with Crippen LogP contribution in [0.3, 0.4) is 0 Å². The van der Waals surface area contributed by atoms with Crippen LogP contribution in [-0.2, 0) is 11.3 Å². The second-order valence-electron chi connectivity index (χ2n) is 3.05. The van der Waals surface area contributed by atoms with Crippen molar-refractivity contribution in [1.29, 1.82) is 0 Å². The third-order valence-corrected chi connectivity index (χ3v) is 1.91. The molecule has 1 heterocycles. The second kappa shape index (κ2) is 6.02. The minimum absolute atomic E-state index is 0.178. The summed E-state index contributed by atoms with van der Waals surface area (Å²) in [5.41, 5.74) is 2.07. The van der Waals surface area contributed by atoms with Gasteiger partial charge < -0.3 is 4.74 Å². The van der Waals surface area contributed by atoms with Crippen molar-refractivity contribution < 1.29 is 9.53 Å². The van der Waals surface area contributed by atoms with E-state index in [0.29, 0.717) is 19.4 Å². The number of hydrogen-bond donors (Lipinski definition) is 2. The molecule has 1 rings (SSSR count). The van der Waals surface area contributed by atoms with Crippen molar-refractivity contribution >= 4 is 5.91 Å². The molecular formula is C9H16N4O2. The molecule has 6 nitrogen and oxygen atoms in total. The summed E-state index contributed by atoms with van der Waals surface area (Å²) in [6, 6.07) is 0. The Morgan fingerprint density at radius 3 is 3.13 bits per heavy atom. The van der Waals surface area contributed by atoms with Gasteiger partial charge in [-0.3, -0.25) is 14.9 Å². The zero-order valence-electron chi connectivity index (χ0n) is 8.77. The van der Waals surface area contributed by atoms with E-state index in [1.807, 2.05) is 13.1 Å². The van der Waals surface area contributed by atoms with E-state index in [1.54, 1.807) is 10.9 Å². The average Bonchev–Trinajstić information content (AvgIpc) is 2.72. The van der Waals surface area contributed by atoms with Gasteiger partial charge in [-0.25, -0.2) is 5.84 Å². The molecule has 0 saturated heterocycles. The predicted octanol–water partition coefficient (Wildman–Crippen LogP) is 0.0519. The fourth-order valence-corrected chi connectivity index (χ4v) is 1.09. The van der Waals surface area contributed by atoms with Crippen LogP contribution < -0.4 is 16.0 Å². The molecule has 1 amide bonds. The van der Waals surface area contributed by atoms with E-state index >= 15 is 0 Å². The van der Waals surface area contributed by atoms with Crippen molar-refractivity contribution in [3.63, 3.8) is 0 Å². The Hall–Kier alpha value is -1.56. The topological polar surface area (TPSA) is 82.2 Å². The van der Waals surface area contributed by atoms with Gasteiger partial charge in [0.15, 0.2) is 5.75 Å². The number of carbonyl (C=O) groups is 1. The molecule has 6 heteroatoms. The van der Waals surface area contributed by atoms with Gasteiger partial charge in [0.2, 0.25) is 5.91 Å². The maximum atomic E-state index is 10.8. The number of amides is 1. The summed E-state index contributed by atoms with van der Waals surface area (Å²) < 4.78 is 7.16. The number of nitrogens with zero attached hydrogens (tertiary/aromatic N) is 2. The summed E-state index contributed by atoms with van der Waals surface area (Å²) in [6.07, 6.45) is 4.49. The monoisotopic (exact) mass is 212 g/mol. The van der Waals surface area contributed by atoms with Gasteiger partial charge in [-0.2, -0.15) is 5.10 Å². The van der Waals surface area contributed by atoms with Crippen LogP contribution in [0.4, 0.5) is 0 Å². The fraction of sp³-hybridized carbons (Fsp3) is 0.556.